The second-order valence-electron chi connectivity index (χ2n) is 3.36. The van der Waals surface area contributed by atoms with Crippen LogP contribution < -0.4 is 0 Å². The molecule has 61 valence electrons. The number of allylic oxidation sites excluding steroid dienone is 4. The zero-order valence-corrected chi connectivity index (χ0v) is 11.4. The van der Waals surface area contributed by atoms with E-state index in [1.54, 1.807) is 5.57 Å². The van der Waals surface area contributed by atoms with Crippen LogP contribution in [0.25, 0.3) is 0 Å². The predicted octanol–water partition coefficient (Wildman–Crippen LogP) is 3.71. The number of rotatable bonds is 3. The van der Waals surface area contributed by atoms with Crippen LogP contribution in [0.15, 0.2) is 21.1 Å². The van der Waals surface area contributed by atoms with E-state index in [0.29, 0.717) is 0 Å². The molecule has 0 aromatic rings. The van der Waals surface area contributed by atoms with Crippen LogP contribution in [-0.2, 0) is 21.4 Å². The van der Waals surface area contributed by atoms with Crippen LogP contribution in [-0.4, -0.2) is 0 Å². The standard InChI is InChI=1S/C8H11.2CH3.Hf/c1-2-5-8-6-3-4-7-8;;;/h3,6H,2,4-5H2,1H3;2*1H3;. The van der Waals surface area contributed by atoms with Gasteiger partial charge in [0.05, 0.1) is 0 Å². The van der Waals surface area contributed by atoms with Gasteiger partial charge in [-0.25, -0.2) is 0 Å². The molecular weight excluding hydrogens is 299 g/mol. The normalized spacial score (nSPS) is 16.3. The number of hydrogen-bond acceptors (Lipinski definition) is 0. The van der Waals surface area contributed by atoms with Crippen LogP contribution in [0.2, 0.25) is 9.36 Å². The zero-order valence-electron chi connectivity index (χ0n) is 7.78. The summed E-state index contributed by atoms with van der Waals surface area (Å²) in [6, 6.07) is 0. The van der Waals surface area contributed by atoms with Crippen molar-refractivity contribution >= 4 is 0 Å². The van der Waals surface area contributed by atoms with Gasteiger partial charge in [-0.15, -0.1) is 0 Å². The van der Waals surface area contributed by atoms with E-state index >= 15 is 0 Å². The monoisotopic (exact) mass is 317 g/mol. The molecular formula is C10H17Hf. The van der Waals surface area contributed by atoms with Gasteiger partial charge in [-0.1, -0.05) is 0 Å². The van der Waals surface area contributed by atoms with E-state index in [1.807, 2.05) is 3.33 Å². The summed E-state index contributed by atoms with van der Waals surface area (Å²) in [6.07, 6.45) is 8.63. The van der Waals surface area contributed by atoms with Crippen molar-refractivity contribution in [1.29, 1.82) is 0 Å². The van der Waals surface area contributed by atoms with Gasteiger partial charge in [-0.2, -0.15) is 0 Å². The van der Waals surface area contributed by atoms with Crippen LogP contribution in [0.4, 0.5) is 0 Å². The Morgan fingerprint density at radius 2 is 2.18 bits per heavy atom. The molecule has 0 aromatic carbocycles. The molecule has 0 bridgehead atoms. The second-order valence-corrected chi connectivity index (χ2v) is 12.7. The maximum atomic E-state index is 2.50. The van der Waals surface area contributed by atoms with Crippen LogP contribution in [0.5, 0.6) is 0 Å². The summed E-state index contributed by atoms with van der Waals surface area (Å²) in [5, 5.41) is 0. The first-order valence-corrected chi connectivity index (χ1v) is 13.4. The van der Waals surface area contributed by atoms with Crippen molar-refractivity contribution < 1.29 is 21.4 Å². The third-order valence-electron chi connectivity index (χ3n) is 2.15. The van der Waals surface area contributed by atoms with E-state index in [0.717, 1.165) is 0 Å². The van der Waals surface area contributed by atoms with Crippen molar-refractivity contribution in [1.82, 2.24) is 0 Å². The fourth-order valence-corrected chi connectivity index (χ4v) is 6.53. The molecule has 0 aromatic heterocycles. The molecule has 0 fully saturated rings. The summed E-state index contributed by atoms with van der Waals surface area (Å²) in [5.74, 6) is 0. The van der Waals surface area contributed by atoms with E-state index in [1.165, 1.54) is 19.3 Å². The Hall–Kier alpha value is 0.350. The molecule has 1 rings (SSSR count). The summed E-state index contributed by atoms with van der Waals surface area (Å²) in [5.41, 5.74) is 1.69. The molecule has 0 nitrogen and oxygen atoms in total. The molecule has 0 unspecified atom stereocenters. The molecule has 1 aliphatic carbocycles. The molecule has 0 aliphatic heterocycles. The molecule has 0 saturated carbocycles. The third kappa shape index (κ3) is 2.40. The average molecular weight is 316 g/mol. The average Bonchev–Trinajstić information content (AvgIpc) is 2.36. The van der Waals surface area contributed by atoms with Crippen LogP contribution >= 0.6 is 0 Å². The van der Waals surface area contributed by atoms with E-state index in [9.17, 15) is 0 Å². The van der Waals surface area contributed by atoms with Gasteiger partial charge in [-0.05, 0) is 0 Å². The van der Waals surface area contributed by atoms with E-state index in [4.69, 9.17) is 0 Å². The van der Waals surface area contributed by atoms with E-state index < -0.39 is 21.4 Å². The fourth-order valence-electron chi connectivity index (χ4n) is 1.58. The van der Waals surface area contributed by atoms with Crippen LogP contribution in [0.3, 0.4) is 0 Å². The van der Waals surface area contributed by atoms with Gasteiger partial charge in [0.1, 0.15) is 0 Å². The Morgan fingerprint density at radius 1 is 1.45 bits per heavy atom. The molecule has 0 atom stereocenters. The Kier molecular flexibility index (Phi) is 3.77. The van der Waals surface area contributed by atoms with Crippen molar-refractivity contribution in [3.63, 3.8) is 0 Å². The van der Waals surface area contributed by atoms with E-state index in [-0.39, 0.29) is 0 Å². The fraction of sp³-hybridized carbons (Fsp3) is 0.600. The SMILES string of the molecule is CCCC1=[C]([Hf]([CH3])[CH3])CC=C1. The summed E-state index contributed by atoms with van der Waals surface area (Å²) < 4.78 is 6.88. The molecule has 0 heterocycles. The first-order chi connectivity index (χ1) is 5.25. The molecule has 1 aliphatic rings. The molecule has 0 N–H and O–H groups in total. The van der Waals surface area contributed by atoms with Gasteiger partial charge in [0.25, 0.3) is 0 Å². The van der Waals surface area contributed by atoms with E-state index in [2.05, 4.69) is 28.4 Å². The van der Waals surface area contributed by atoms with Crippen LogP contribution in [0, 0.1) is 0 Å². The number of hydrogen-bond donors (Lipinski definition) is 0. The molecule has 0 amide bonds. The molecule has 0 saturated heterocycles. The van der Waals surface area contributed by atoms with Crippen molar-refractivity contribution in [2.24, 2.45) is 0 Å². The van der Waals surface area contributed by atoms with Gasteiger partial charge in [0.15, 0.2) is 0 Å². The van der Waals surface area contributed by atoms with Crippen LogP contribution in [0.1, 0.15) is 26.2 Å². The summed E-state index contributed by atoms with van der Waals surface area (Å²) in [4.78, 5) is 0. The first-order valence-electron chi connectivity index (χ1n) is 4.44. The van der Waals surface area contributed by atoms with Crippen molar-refractivity contribution in [2.75, 3.05) is 0 Å². The van der Waals surface area contributed by atoms with Gasteiger partial charge < -0.3 is 0 Å². The summed E-state index contributed by atoms with van der Waals surface area (Å²) in [6.45, 7) is 2.27. The maximum absolute atomic E-state index is 2.50. The minimum atomic E-state index is -1.16. The molecule has 0 radical (unpaired) electrons. The molecule has 1 heteroatoms. The minimum absolute atomic E-state index is 1.16. The Balaban J connectivity index is 2.67. The Morgan fingerprint density at radius 3 is 2.73 bits per heavy atom. The summed E-state index contributed by atoms with van der Waals surface area (Å²) >= 11 is -1.16. The van der Waals surface area contributed by atoms with Crippen molar-refractivity contribution in [3.05, 3.63) is 21.1 Å². The van der Waals surface area contributed by atoms with Gasteiger partial charge >= 0.3 is 78.0 Å². The zero-order chi connectivity index (χ0) is 8.27. The van der Waals surface area contributed by atoms with Gasteiger partial charge in [0, 0.05) is 0 Å². The predicted molar refractivity (Wildman–Crippen MR) is 47.4 cm³/mol. The van der Waals surface area contributed by atoms with Gasteiger partial charge in [0.2, 0.25) is 0 Å². The third-order valence-corrected chi connectivity index (χ3v) is 8.38. The Labute approximate surface area is 77.9 Å². The first kappa shape index (κ1) is 9.44. The molecule has 0 spiro atoms. The van der Waals surface area contributed by atoms with Crippen molar-refractivity contribution in [3.8, 4) is 0 Å². The molecule has 11 heavy (non-hydrogen) atoms. The van der Waals surface area contributed by atoms with Gasteiger partial charge in [-0.3, -0.25) is 0 Å². The second kappa shape index (κ2) is 4.39. The topological polar surface area (TPSA) is 0 Å². The quantitative estimate of drug-likeness (QED) is 0.696. The Bertz CT molecular complexity index is 187. The van der Waals surface area contributed by atoms with Crippen molar-refractivity contribution in [2.45, 2.75) is 35.5 Å². The summed E-state index contributed by atoms with van der Waals surface area (Å²) in [7, 11) is 0.